The number of amides is 1. The fourth-order valence-corrected chi connectivity index (χ4v) is 7.12. The van der Waals surface area contributed by atoms with Crippen molar-refractivity contribution in [2.75, 3.05) is 16.3 Å². The second-order valence-electron chi connectivity index (χ2n) is 11.3. The summed E-state index contributed by atoms with van der Waals surface area (Å²) in [5.74, 6) is 0.587. The van der Waals surface area contributed by atoms with Crippen molar-refractivity contribution in [2.24, 2.45) is 5.92 Å². The van der Waals surface area contributed by atoms with E-state index in [1.54, 1.807) is 0 Å². The van der Waals surface area contributed by atoms with Crippen LogP contribution in [0.3, 0.4) is 0 Å². The molecule has 1 fully saturated rings. The molecule has 0 spiro atoms. The van der Waals surface area contributed by atoms with Crippen molar-refractivity contribution in [3.63, 3.8) is 0 Å². The molecular formula is C35H35N3O. The molecule has 0 radical (unpaired) electrons. The van der Waals surface area contributed by atoms with Crippen LogP contribution in [0.25, 0.3) is 0 Å². The standard InChI is InChI=1S/C35H35N3O/c39-35-31-29-21-22-37(24-26-15-7-2-8-16-26)34(29)30(23-25-13-5-1-6-14-25)36-32(31)33(27-17-9-3-10-18-27)38(35)28-19-11-4-12-20-28/h1-2,4-8,11-16,19-20,27,33H,3,9-10,17-18,21-24H2. The van der Waals surface area contributed by atoms with Crippen molar-refractivity contribution in [1.82, 2.24) is 4.98 Å². The molecule has 4 nitrogen and oxygen atoms in total. The van der Waals surface area contributed by atoms with Gasteiger partial charge in [0.25, 0.3) is 5.91 Å². The molecule has 0 bridgehead atoms. The van der Waals surface area contributed by atoms with Gasteiger partial charge in [0, 0.05) is 25.2 Å². The maximum Gasteiger partial charge on any atom is 0.261 e. The number of carbonyl (C=O) groups is 1. The van der Waals surface area contributed by atoms with Gasteiger partial charge in [0.1, 0.15) is 0 Å². The average Bonchev–Trinajstić information content (AvgIpc) is 3.53. The molecule has 3 heterocycles. The second kappa shape index (κ2) is 10.3. The zero-order chi connectivity index (χ0) is 26.2. The van der Waals surface area contributed by atoms with Crippen LogP contribution in [0.2, 0.25) is 0 Å². The Kier molecular flexibility index (Phi) is 6.40. The van der Waals surface area contributed by atoms with E-state index >= 15 is 0 Å². The quantitative estimate of drug-likeness (QED) is 0.268. The fraction of sp³-hybridized carbons (Fsp3) is 0.314. The zero-order valence-electron chi connectivity index (χ0n) is 22.4. The van der Waals surface area contributed by atoms with Gasteiger partial charge in [0.2, 0.25) is 0 Å². The third kappa shape index (κ3) is 4.42. The number of hydrogen-bond donors (Lipinski definition) is 0. The molecular weight excluding hydrogens is 478 g/mol. The summed E-state index contributed by atoms with van der Waals surface area (Å²) >= 11 is 0. The Hall–Kier alpha value is -3.92. The summed E-state index contributed by atoms with van der Waals surface area (Å²) in [6.45, 7) is 1.75. The van der Waals surface area contributed by atoms with Gasteiger partial charge in [-0.15, -0.1) is 0 Å². The summed E-state index contributed by atoms with van der Waals surface area (Å²) in [6, 6.07) is 31.6. The van der Waals surface area contributed by atoms with Gasteiger partial charge in [-0.05, 0) is 54.0 Å². The Morgan fingerprint density at radius 3 is 2.10 bits per heavy atom. The summed E-state index contributed by atoms with van der Waals surface area (Å²) in [7, 11) is 0. The predicted molar refractivity (Wildman–Crippen MR) is 157 cm³/mol. The first-order valence-corrected chi connectivity index (χ1v) is 14.5. The average molecular weight is 514 g/mol. The third-order valence-corrected chi connectivity index (χ3v) is 8.87. The number of hydrogen-bond acceptors (Lipinski definition) is 3. The maximum absolute atomic E-state index is 14.4. The number of rotatable bonds is 6. The molecule has 2 aliphatic heterocycles. The molecule has 0 saturated heterocycles. The van der Waals surface area contributed by atoms with Crippen LogP contribution in [-0.2, 0) is 19.4 Å². The number of aromatic nitrogens is 1. The van der Waals surface area contributed by atoms with Crippen LogP contribution in [0.1, 0.15) is 76.6 Å². The Bertz CT molecular complexity index is 1460. The molecule has 1 aromatic heterocycles. The number of anilines is 2. The molecule has 1 atom stereocenters. The first-order chi connectivity index (χ1) is 19.3. The highest BCUT2D eigenvalue weighted by Gasteiger charge is 2.47. The van der Waals surface area contributed by atoms with E-state index in [9.17, 15) is 4.79 Å². The van der Waals surface area contributed by atoms with Crippen LogP contribution in [-0.4, -0.2) is 17.4 Å². The summed E-state index contributed by atoms with van der Waals surface area (Å²) < 4.78 is 0. The van der Waals surface area contributed by atoms with Gasteiger partial charge >= 0.3 is 0 Å². The number of para-hydroxylation sites is 1. The normalized spacial score (nSPS) is 18.9. The molecule has 1 amide bonds. The van der Waals surface area contributed by atoms with E-state index in [1.165, 1.54) is 41.6 Å². The van der Waals surface area contributed by atoms with Crippen molar-refractivity contribution in [1.29, 1.82) is 0 Å². The topological polar surface area (TPSA) is 36.4 Å². The van der Waals surface area contributed by atoms with Crippen molar-refractivity contribution in [2.45, 2.75) is 57.5 Å². The summed E-state index contributed by atoms with van der Waals surface area (Å²) in [5.41, 5.74) is 8.98. The van der Waals surface area contributed by atoms with Crippen molar-refractivity contribution >= 4 is 17.3 Å². The van der Waals surface area contributed by atoms with Crippen LogP contribution >= 0.6 is 0 Å². The van der Waals surface area contributed by atoms with Crippen LogP contribution in [0.15, 0.2) is 91.0 Å². The molecule has 7 rings (SSSR count). The van der Waals surface area contributed by atoms with Crippen LogP contribution in [0.5, 0.6) is 0 Å². The van der Waals surface area contributed by atoms with Crippen molar-refractivity contribution in [3.05, 3.63) is 125 Å². The maximum atomic E-state index is 14.4. The number of nitrogens with zero attached hydrogens (tertiary/aromatic N) is 3. The van der Waals surface area contributed by atoms with E-state index in [2.05, 4.69) is 82.6 Å². The van der Waals surface area contributed by atoms with Gasteiger partial charge in [-0.25, -0.2) is 0 Å². The minimum atomic E-state index is 0.0122. The van der Waals surface area contributed by atoms with Crippen molar-refractivity contribution < 1.29 is 4.79 Å². The lowest BCUT2D eigenvalue weighted by Gasteiger charge is -2.34. The lowest BCUT2D eigenvalue weighted by molar-refractivity contribution is 0.0981. The zero-order valence-corrected chi connectivity index (χ0v) is 22.4. The Balaban J connectivity index is 1.39. The number of benzene rings is 3. The van der Waals surface area contributed by atoms with E-state index in [4.69, 9.17) is 4.98 Å². The molecule has 39 heavy (non-hydrogen) atoms. The number of carbonyl (C=O) groups excluding carboxylic acids is 1. The number of fused-ring (bicyclic) bond motifs is 3. The fourth-order valence-electron chi connectivity index (χ4n) is 7.12. The molecule has 4 aromatic rings. The largest absolute Gasteiger partial charge is 0.365 e. The van der Waals surface area contributed by atoms with Gasteiger partial charge in [0.15, 0.2) is 0 Å². The predicted octanol–water partition coefficient (Wildman–Crippen LogP) is 7.52. The molecule has 1 unspecified atom stereocenters. The Morgan fingerprint density at radius 1 is 0.769 bits per heavy atom. The molecule has 3 aromatic carbocycles. The highest BCUT2D eigenvalue weighted by Crippen LogP contribution is 2.49. The smallest absolute Gasteiger partial charge is 0.261 e. The lowest BCUT2D eigenvalue weighted by Crippen LogP contribution is -2.33. The Labute approximate surface area is 231 Å². The minimum absolute atomic E-state index is 0.0122. The third-order valence-electron chi connectivity index (χ3n) is 8.87. The summed E-state index contributed by atoms with van der Waals surface area (Å²) in [6.07, 6.45) is 7.75. The monoisotopic (exact) mass is 513 g/mol. The SMILES string of the molecule is O=C1c2c(nc(Cc3ccccc3)c3c2CCN3Cc2ccccc2)C(C2CCCCC2)N1c1ccccc1. The van der Waals surface area contributed by atoms with Crippen molar-refractivity contribution in [3.8, 4) is 0 Å². The highest BCUT2D eigenvalue weighted by molar-refractivity contribution is 6.12. The van der Waals surface area contributed by atoms with Crippen LogP contribution < -0.4 is 9.80 Å². The molecule has 1 aliphatic carbocycles. The van der Waals surface area contributed by atoms with E-state index in [0.29, 0.717) is 5.92 Å². The first kappa shape index (κ1) is 24.1. The van der Waals surface area contributed by atoms with Gasteiger partial charge in [-0.1, -0.05) is 98.1 Å². The number of pyridine rings is 1. The molecule has 4 heteroatoms. The van der Waals surface area contributed by atoms with Gasteiger partial charge < -0.3 is 4.90 Å². The van der Waals surface area contributed by atoms with Crippen LogP contribution in [0.4, 0.5) is 11.4 Å². The van der Waals surface area contributed by atoms with E-state index < -0.39 is 0 Å². The van der Waals surface area contributed by atoms with E-state index in [0.717, 1.165) is 61.4 Å². The van der Waals surface area contributed by atoms with Gasteiger partial charge in [0.05, 0.1) is 28.7 Å². The lowest BCUT2D eigenvalue weighted by atomic mass is 9.82. The summed E-state index contributed by atoms with van der Waals surface area (Å²) in [4.78, 5) is 24.5. The first-order valence-electron chi connectivity index (χ1n) is 14.5. The minimum Gasteiger partial charge on any atom is -0.365 e. The highest BCUT2D eigenvalue weighted by atomic mass is 16.2. The van der Waals surface area contributed by atoms with E-state index in [-0.39, 0.29) is 11.9 Å². The molecule has 3 aliphatic rings. The summed E-state index contributed by atoms with van der Waals surface area (Å²) in [5, 5.41) is 0. The van der Waals surface area contributed by atoms with Gasteiger partial charge in [-0.3, -0.25) is 14.7 Å². The molecule has 196 valence electrons. The Morgan fingerprint density at radius 2 is 1.41 bits per heavy atom. The molecule has 1 saturated carbocycles. The molecule has 0 N–H and O–H groups in total. The van der Waals surface area contributed by atoms with E-state index in [1.807, 2.05) is 18.2 Å². The second-order valence-corrected chi connectivity index (χ2v) is 11.3. The van der Waals surface area contributed by atoms with Crippen LogP contribution in [0, 0.1) is 5.92 Å². The van der Waals surface area contributed by atoms with Gasteiger partial charge in [-0.2, -0.15) is 0 Å².